The maximum atomic E-state index is 5.58. The molecule has 0 spiro atoms. The van der Waals surface area contributed by atoms with Crippen LogP contribution in [0, 0.1) is 0 Å². The molecular formula is C9H18O2. The van der Waals surface area contributed by atoms with Crippen LogP contribution >= 0.6 is 0 Å². The average Bonchev–Trinajstić information content (AvgIpc) is 1.85. The second-order valence-electron chi connectivity index (χ2n) is 3.31. The van der Waals surface area contributed by atoms with Gasteiger partial charge in [0.1, 0.15) is 0 Å². The van der Waals surface area contributed by atoms with Gasteiger partial charge in [0, 0.05) is 6.61 Å². The Labute approximate surface area is 68.9 Å². The van der Waals surface area contributed by atoms with Crippen LogP contribution in [0.4, 0.5) is 0 Å². The van der Waals surface area contributed by atoms with Gasteiger partial charge >= 0.3 is 0 Å². The highest BCUT2D eigenvalue weighted by molar-refractivity contribution is 4.73. The van der Waals surface area contributed by atoms with Gasteiger partial charge < -0.3 is 9.47 Å². The van der Waals surface area contributed by atoms with Gasteiger partial charge in [0.2, 0.25) is 0 Å². The maximum absolute atomic E-state index is 5.58. The van der Waals surface area contributed by atoms with Crippen molar-refractivity contribution >= 4 is 0 Å². The van der Waals surface area contributed by atoms with Crippen molar-refractivity contribution in [2.45, 2.75) is 51.9 Å². The Morgan fingerprint density at radius 2 is 1.82 bits per heavy atom. The fraction of sp³-hybridized carbons (Fsp3) is 1.00. The molecule has 0 aromatic carbocycles. The topological polar surface area (TPSA) is 18.5 Å². The van der Waals surface area contributed by atoms with Crippen molar-refractivity contribution in [3.8, 4) is 0 Å². The predicted octanol–water partition coefficient (Wildman–Crippen LogP) is 1.98. The van der Waals surface area contributed by atoms with E-state index in [0.29, 0.717) is 18.3 Å². The van der Waals surface area contributed by atoms with Crippen molar-refractivity contribution < 1.29 is 9.47 Å². The van der Waals surface area contributed by atoms with Gasteiger partial charge in [-0.2, -0.15) is 0 Å². The van der Waals surface area contributed by atoms with Crippen molar-refractivity contribution in [2.75, 3.05) is 6.61 Å². The Bertz CT molecular complexity index is 104. The fourth-order valence-corrected chi connectivity index (χ4v) is 1.72. The molecular weight excluding hydrogens is 140 g/mol. The molecule has 2 unspecified atom stereocenters. The van der Waals surface area contributed by atoms with Crippen LogP contribution in [0.15, 0.2) is 0 Å². The summed E-state index contributed by atoms with van der Waals surface area (Å²) in [6.07, 6.45) is 3.28. The summed E-state index contributed by atoms with van der Waals surface area (Å²) >= 11 is 0. The summed E-state index contributed by atoms with van der Waals surface area (Å²) in [7, 11) is 0. The largest absolute Gasteiger partial charge is 0.378 e. The van der Waals surface area contributed by atoms with E-state index in [1.807, 2.05) is 6.92 Å². The van der Waals surface area contributed by atoms with E-state index < -0.39 is 0 Å². The van der Waals surface area contributed by atoms with E-state index in [1.54, 1.807) is 0 Å². The van der Waals surface area contributed by atoms with Crippen LogP contribution in [0.5, 0.6) is 0 Å². The second-order valence-corrected chi connectivity index (χ2v) is 3.31. The molecule has 66 valence electrons. The zero-order chi connectivity index (χ0) is 8.27. The van der Waals surface area contributed by atoms with Crippen LogP contribution in [0.1, 0.15) is 33.6 Å². The number of ether oxygens (including phenoxy) is 2. The predicted molar refractivity (Wildman–Crippen MR) is 44.7 cm³/mol. The van der Waals surface area contributed by atoms with Crippen molar-refractivity contribution in [1.29, 1.82) is 0 Å². The third kappa shape index (κ3) is 2.80. The van der Waals surface area contributed by atoms with Gasteiger partial charge in [0.25, 0.3) is 0 Å². The van der Waals surface area contributed by atoms with Gasteiger partial charge in [0.15, 0.2) is 0 Å². The van der Waals surface area contributed by atoms with Gasteiger partial charge in [-0.15, -0.1) is 0 Å². The molecule has 0 saturated carbocycles. The molecule has 0 amide bonds. The molecule has 0 aliphatic carbocycles. The molecule has 1 heterocycles. The highest BCUT2D eigenvalue weighted by Crippen LogP contribution is 2.21. The lowest BCUT2D eigenvalue weighted by Crippen LogP contribution is -2.34. The Hall–Kier alpha value is -0.0800. The minimum Gasteiger partial charge on any atom is -0.378 e. The summed E-state index contributed by atoms with van der Waals surface area (Å²) in [5.41, 5.74) is 0. The Kier molecular flexibility index (Phi) is 3.34. The Balaban J connectivity index is 2.30. The van der Waals surface area contributed by atoms with Crippen LogP contribution < -0.4 is 0 Å². The first-order chi connectivity index (χ1) is 5.22. The van der Waals surface area contributed by atoms with Crippen molar-refractivity contribution in [3.05, 3.63) is 0 Å². The minimum absolute atomic E-state index is 0.371. The summed E-state index contributed by atoms with van der Waals surface area (Å²) in [5, 5.41) is 0. The van der Waals surface area contributed by atoms with Gasteiger partial charge in [-0.25, -0.2) is 0 Å². The standard InChI is InChI=1S/C9H18O2/c1-4-10-9-5-7(2)11-8(3)6-9/h7-9H,4-6H2,1-3H3. The molecule has 1 aliphatic heterocycles. The van der Waals surface area contributed by atoms with E-state index in [-0.39, 0.29) is 0 Å². The van der Waals surface area contributed by atoms with Gasteiger partial charge in [0.05, 0.1) is 18.3 Å². The van der Waals surface area contributed by atoms with E-state index in [1.165, 1.54) is 0 Å². The lowest BCUT2D eigenvalue weighted by atomic mass is 10.0. The molecule has 2 heteroatoms. The van der Waals surface area contributed by atoms with Crippen LogP contribution in [0.2, 0.25) is 0 Å². The molecule has 0 radical (unpaired) electrons. The third-order valence-corrected chi connectivity index (χ3v) is 2.06. The Morgan fingerprint density at radius 1 is 1.27 bits per heavy atom. The number of hydrogen-bond donors (Lipinski definition) is 0. The van der Waals surface area contributed by atoms with E-state index in [0.717, 1.165) is 19.4 Å². The average molecular weight is 158 g/mol. The lowest BCUT2D eigenvalue weighted by molar-refractivity contribution is -0.0993. The first kappa shape index (κ1) is 9.01. The van der Waals surface area contributed by atoms with Crippen LogP contribution in [-0.2, 0) is 9.47 Å². The number of hydrogen-bond acceptors (Lipinski definition) is 2. The molecule has 1 fully saturated rings. The summed E-state index contributed by atoms with van der Waals surface area (Å²) in [4.78, 5) is 0. The van der Waals surface area contributed by atoms with Gasteiger partial charge in [-0.05, 0) is 33.6 Å². The van der Waals surface area contributed by atoms with E-state index in [9.17, 15) is 0 Å². The van der Waals surface area contributed by atoms with Crippen molar-refractivity contribution in [1.82, 2.24) is 0 Å². The molecule has 0 aromatic rings. The molecule has 0 aromatic heterocycles. The fourth-order valence-electron chi connectivity index (χ4n) is 1.72. The van der Waals surface area contributed by atoms with Gasteiger partial charge in [-0.1, -0.05) is 0 Å². The lowest BCUT2D eigenvalue weighted by Gasteiger charge is -2.31. The van der Waals surface area contributed by atoms with Gasteiger partial charge in [-0.3, -0.25) is 0 Å². The molecule has 1 saturated heterocycles. The summed E-state index contributed by atoms with van der Waals surface area (Å²) in [6, 6.07) is 0. The Morgan fingerprint density at radius 3 is 2.27 bits per heavy atom. The minimum atomic E-state index is 0.371. The normalized spacial score (nSPS) is 39.0. The third-order valence-electron chi connectivity index (χ3n) is 2.06. The quantitative estimate of drug-likeness (QED) is 0.611. The summed E-state index contributed by atoms with van der Waals surface area (Å²) in [6.45, 7) is 7.10. The first-order valence-electron chi connectivity index (χ1n) is 4.49. The molecule has 0 N–H and O–H groups in total. The molecule has 2 nitrogen and oxygen atoms in total. The zero-order valence-electron chi connectivity index (χ0n) is 7.67. The molecule has 0 bridgehead atoms. The molecule has 2 atom stereocenters. The van der Waals surface area contributed by atoms with E-state index >= 15 is 0 Å². The van der Waals surface area contributed by atoms with Crippen LogP contribution in [0.3, 0.4) is 0 Å². The second kappa shape index (κ2) is 4.07. The highest BCUT2D eigenvalue weighted by atomic mass is 16.5. The van der Waals surface area contributed by atoms with Crippen LogP contribution in [-0.4, -0.2) is 24.9 Å². The van der Waals surface area contributed by atoms with Crippen LogP contribution in [0.25, 0.3) is 0 Å². The molecule has 1 aliphatic rings. The smallest absolute Gasteiger partial charge is 0.0624 e. The summed E-state index contributed by atoms with van der Waals surface area (Å²) < 4.78 is 11.1. The van der Waals surface area contributed by atoms with Crippen molar-refractivity contribution in [2.24, 2.45) is 0 Å². The monoisotopic (exact) mass is 158 g/mol. The molecule has 1 rings (SSSR count). The number of rotatable bonds is 2. The van der Waals surface area contributed by atoms with Crippen molar-refractivity contribution in [3.63, 3.8) is 0 Å². The molecule has 11 heavy (non-hydrogen) atoms. The zero-order valence-corrected chi connectivity index (χ0v) is 7.67. The highest BCUT2D eigenvalue weighted by Gasteiger charge is 2.24. The first-order valence-corrected chi connectivity index (χ1v) is 4.49. The summed E-state index contributed by atoms with van der Waals surface area (Å²) in [5.74, 6) is 0. The maximum Gasteiger partial charge on any atom is 0.0624 e. The van der Waals surface area contributed by atoms with E-state index in [4.69, 9.17) is 9.47 Å². The SMILES string of the molecule is CCOC1CC(C)OC(C)C1. The van der Waals surface area contributed by atoms with E-state index in [2.05, 4.69) is 13.8 Å².